The van der Waals surface area contributed by atoms with Crippen LogP contribution in [0.25, 0.3) is 0 Å². The van der Waals surface area contributed by atoms with Gasteiger partial charge in [0.2, 0.25) is 5.91 Å². The van der Waals surface area contributed by atoms with Gasteiger partial charge in [-0.05, 0) is 12.0 Å². The first-order chi connectivity index (χ1) is 10.5. The fourth-order valence-electron chi connectivity index (χ4n) is 1.66. The zero-order valence-electron chi connectivity index (χ0n) is 12.2. The first kappa shape index (κ1) is 18.0. The molecule has 2 N–H and O–H groups in total. The standard InChI is InChI=1S/C16H19NO4S/c1-2-3-9-14(18)17-13(16(20)21)10-15(19)22-11-12-7-5-4-6-8-12/h2,4-8,13H,1,3,9-11H2,(H,17,18)(H,20,21). The van der Waals surface area contributed by atoms with Crippen molar-refractivity contribution in [2.24, 2.45) is 0 Å². The quantitative estimate of drug-likeness (QED) is 0.682. The summed E-state index contributed by atoms with van der Waals surface area (Å²) >= 11 is 1.05. The predicted octanol–water partition coefficient (Wildman–Crippen LogP) is 2.37. The molecular weight excluding hydrogens is 302 g/mol. The molecule has 1 amide bonds. The molecule has 0 aromatic heterocycles. The average molecular weight is 321 g/mol. The molecule has 0 saturated carbocycles. The Morgan fingerprint density at radius 1 is 1.27 bits per heavy atom. The lowest BCUT2D eigenvalue weighted by Gasteiger charge is -2.13. The molecule has 118 valence electrons. The molecule has 1 unspecified atom stereocenters. The zero-order valence-corrected chi connectivity index (χ0v) is 13.0. The van der Waals surface area contributed by atoms with E-state index in [1.165, 1.54) is 0 Å². The van der Waals surface area contributed by atoms with Gasteiger partial charge in [-0.25, -0.2) is 4.79 Å². The number of carbonyl (C=O) groups is 3. The Labute approximate surface area is 133 Å². The molecule has 6 heteroatoms. The molecule has 0 saturated heterocycles. The number of carboxylic acids is 1. The first-order valence-corrected chi connectivity index (χ1v) is 7.84. The highest BCUT2D eigenvalue weighted by Gasteiger charge is 2.23. The van der Waals surface area contributed by atoms with Gasteiger partial charge in [0.15, 0.2) is 5.12 Å². The SMILES string of the molecule is C=CCCC(=O)NC(CC(=O)SCc1ccccc1)C(=O)O. The average Bonchev–Trinajstić information content (AvgIpc) is 2.51. The summed E-state index contributed by atoms with van der Waals surface area (Å²) in [7, 11) is 0. The van der Waals surface area contributed by atoms with E-state index in [0.717, 1.165) is 17.3 Å². The fraction of sp³-hybridized carbons (Fsp3) is 0.312. The molecule has 0 bridgehead atoms. The lowest BCUT2D eigenvalue weighted by molar-refractivity contribution is -0.142. The summed E-state index contributed by atoms with van der Waals surface area (Å²) < 4.78 is 0. The second-order valence-corrected chi connectivity index (χ2v) is 5.67. The van der Waals surface area contributed by atoms with Gasteiger partial charge in [-0.1, -0.05) is 48.2 Å². The summed E-state index contributed by atoms with van der Waals surface area (Å²) in [5, 5.41) is 11.2. The van der Waals surface area contributed by atoms with Gasteiger partial charge in [0.25, 0.3) is 0 Å². The molecule has 5 nitrogen and oxygen atoms in total. The Balaban J connectivity index is 2.45. The molecular formula is C16H19NO4S. The van der Waals surface area contributed by atoms with Gasteiger partial charge >= 0.3 is 5.97 Å². The highest BCUT2D eigenvalue weighted by molar-refractivity contribution is 8.12. The van der Waals surface area contributed by atoms with E-state index in [1.54, 1.807) is 6.08 Å². The predicted molar refractivity (Wildman–Crippen MR) is 86.4 cm³/mol. The molecule has 1 aromatic carbocycles. The third-order valence-electron chi connectivity index (χ3n) is 2.82. The number of hydrogen-bond acceptors (Lipinski definition) is 4. The number of hydrogen-bond donors (Lipinski definition) is 2. The molecule has 22 heavy (non-hydrogen) atoms. The molecule has 0 radical (unpaired) electrons. The summed E-state index contributed by atoms with van der Waals surface area (Å²) in [6.45, 7) is 3.49. The van der Waals surface area contributed by atoms with Crippen LogP contribution < -0.4 is 5.32 Å². The fourth-order valence-corrected chi connectivity index (χ4v) is 2.47. The number of rotatable bonds is 9. The number of allylic oxidation sites excluding steroid dienone is 1. The number of carbonyl (C=O) groups excluding carboxylic acids is 2. The van der Waals surface area contributed by atoms with Gasteiger partial charge in [0, 0.05) is 18.6 Å². The van der Waals surface area contributed by atoms with Crippen LogP contribution in [0.5, 0.6) is 0 Å². The monoisotopic (exact) mass is 321 g/mol. The van der Waals surface area contributed by atoms with E-state index >= 15 is 0 Å². The second-order valence-electron chi connectivity index (χ2n) is 4.64. The third-order valence-corrected chi connectivity index (χ3v) is 3.79. The maximum Gasteiger partial charge on any atom is 0.326 e. The molecule has 1 rings (SSSR count). The van der Waals surface area contributed by atoms with Crippen LogP contribution >= 0.6 is 11.8 Å². The Morgan fingerprint density at radius 2 is 1.95 bits per heavy atom. The topological polar surface area (TPSA) is 83.5 Å². The Hall–Kier alpha value is -2.08. The van der Waals surface area contributed by atoms with Crippen LogP contribution in [0.1, 0.15) is 24.8 Å². The molecule has 0 aliphatic rings. The van der Waals surface area contributed by atoms with Crippen LogP contribution in [0.15, 0.2) is 43.0 Å². The minimum Gasteiger partial charge on any atom is -0.480 e. The summed E-state index contributed by atoms with van der Waals surface area (Å²) in [5.74, 6) is -1.12. The number of aliphatic carboxylic acids is 1. The van der Waals surface area contributed by atoms with Gasteiger partial charge in [0.05, 0.1) is 0 Å². The van der Waals surface area contributed by atoms with Gasteiger partial charge in [-0.3, -0.25) is 9.59 Å². The highest BCUT2D eigenvalue weighted by atomic mass is 32.2. The van der Waals surface area contributed by atoms with Crippen LogP contribution in [0.2, 0.25) is 0 Å². The van der Waals surface area contributed by atoms with Crippen molar-refractivity contribution in [1.82, 2.24) is 5.32 Å². The molecule has 1 aromatic rings. The van der Waals surface area contributed by atoms with E-state index < -0.39 is 17.9 Å². The third kappa shape index (κ3) is 7.08. The lowest BCUT2D eigenvalue weighted by Crippen LogP contribution is -2.41. The maximum absolute atomic E-state index is 11.9. The minimum atomic E-state index is -1.21. The van der Waals surface area contributed by atoms with Crippen molar-refractivity contribution >= 4 is 28.8 Å². The smallest absolute Gasteiger partial charge is 0.326 e. The second kappa shape index (κ2) is 9.78. The van der Waals surface area contributed by atoms with Crippen molar-refractivity contribution in [3.8, 4) is 0 Å². The number of amides is 1. The van der Waals surface area contributed by atoms with E-state index in [1.807, 2.05) is 30.3 Å². The van der Waals surface area contributed by atoms with Crippen LogP contribution in [-0.2, 0) is 20.1 Å². The zero-order chi connectivity index (χ0) is 16.4. The van der Waals surface area contributed by atoms with E-state index in [9.17, 15) is 14.4 Å². The molecule has 1 atom stereocenters. The molecule has 0 aliphatic carbocycles. The summed E-state index contributed by atoms with van der Waals surface area (Å²) in [5.41, 5.74) is 0.989. The molecule has 0 aliphatic heterocycles. The van der Waals surface area contributed by atoms with Crippen molar-refractivity contribution in [2.75, 3.05) is 0 Å². The molecule has 0 fully saturated rings. The Kier molecular flexibility index (Phi) is 7.99. The Morgan fingerprint density at radius 3 is 2.55 bits per heavy atom. The minimum absolute atomic E-state index is 0.165. The normalized spacial score (nSPS) is 11.5. The van der Waals surface area contributed by atoms with Crippen molar-refractivity contribution in [1.29, 1.82) is 0 Å². The van der Waals surface area contributed by atoms with E-state index in [0.29, 0.717) is 12.2 Å². The van der Waals surface area contributed by atoms with Gasteiger partial charge in [0.1, 0.15) is 6.04 Å². The Bertz CT molecular complexity index is 530. The molecule has 0 spiro atoms. The van der Waals surface area contributed by atoms with Crippen LogP contribution in [-0.4, -0.2) is 28.1 Å². The van der Waals surface area contributed by atoms with Crippen LogP contribution in [0, 0.1) is 0 Å². The van der Waals surface area contributed by atoms with Crippen LogP contribution in [0.4, 0.5) is 0 Å². The van der Waals surface area contributed by atoms with Crippen molar-refractivity contribution in [3.63, 3.8) is 0 Å². The van der Waals surface area contributed by atoms with Crippen molar-refractivity contribution in [3.05, 3.63) is 48.6 Å². The number of thioether (sulfide) groups is 1. The summed E-state index contributed by atoms with van der Waals surface area (Å²) in [6, 6.07) is 8.24. The van der Waals surface area contributed by atoms with Crippen molar-refractivity contribution < 1.29 is 19.5 Å². The van der Waals surface area contributed by atoms with Crippen LogP contribution in [0.3, 0.4) is 0 Å². The highest BCUT2D eigenvalue weighted by Crippen LogP contribution is 2.15. The van der Waals surface area contributed by atoms with E-state index in [-0.39, 0.29) is 18.0 Å². The molecule has 0 heterocycles. The summed E-state index contributed by atoms with van der Waals surface area (Å²) in [4.78, 5) is 34.5. The number of nitrogens with one attached hydrogen (secondary N) is 1. The largest absolute Gasteiger partial charge is 0.480 e. The van der Waals surface area contributed by atoms with Gasteiger partial charge in [-0.15, -0.1) is 6.58 Å². The summed E-state index contributed by atoms with van der Waals surface area (Å²) in [6.07, 6.45) is 1.98. The van der Waals surface area contributed by atoms with Gasteiger partial charge < -0.3 is 10.4 Å². The lowest BCUT2D eigenvalue weighted by atomic mass is 10.2. The number of carboxylic acid groups (broad SMARTS) is 1. The first-order valence-electron chi connectivity index (χ1n) is 6.85. The van der Waals surface area contributed by atoms with Gasteiger partial charge in [-0.2, -0.15) is 0 Å². The van der Waals surface area contributed by atoms with Crippen molar-refractivity contribution in [2.45, 2.75) is 31.1 Å². The van der Waals surface area contributed by atoms with E-state index in [4.69, 9.17) is 5.11 Å². The maximum atomic E-state index is 11.9. The number of benzene rings is 1. The van der Waals surface area contributed by atoms with E-state index in [2.05, 4.69) is 11.9 Å².